The Balaban J connectivity index is 1.59. The summed E-state index contributed by atoms with van der Waals surface area (Å²) in [6, 6.07) is 11.7. The van der Waals surface area contributed by atoms with Crippen LogP contribution in [0.3, 0.4) is 0 Å². The highest BCUT2D eigenvalue weighted by Crippen LogP contribution is 2.27. The van der Waals surface area contributed by atoms with Crippen molar-refractivity contribution in [2.45, 2.75) is 44.2 Å². The van der Waals surface area contributed by atoms with E-state index in [-0.39, 0.29) is 6.04 Å². The second kappa shape index (κ2) is 5.63. The highest BCUT2D eigenvalue weighted by molar-refractivity contribution is 5.55. The molecule has 1 fully saturated rings. The largest absolute Gasteiger partial charge is 0.371 e. The van der Waals surface area contributed by atoms with E-state index in [1.807, 2.05) is 0 Å². The van der Waals surface area contributed by atoms with Crippen LogP contribution in [0.5, 0.6) is 0 Å². The lowest BCUT2D eigenvalue weighted by Crippen LogP contribution is -2.36. The van der Waals surface area contributed by atoms with Crippen molar-refractivity contribution in [3.8, 4) is 6.07 Å². The zero-order valence-corrected chi connectivity index (χ0v) is 11.3. The Kier molecular flexibility index (Phi) is 3.70. The number of rotatable bonds is 5. The molecule has 1 aromatic rings. The molecule has 1 aromatic carbocycles. The summed E-state index contributed by atoms with van der Waals surface area (Å²) in [5.41, 5.74) is 2.83. The fourth-order valence-corrected chi connectivity index (χ4v) is 2.85. The summed E-state index contributed by atoms with van der Waals surface area (Å²) in [5, 5.41) is 12.6. The Morgan fingerprint density at radius 3 is 3.00 bits per heavy atom. The average Bonchev–Trinajstić information content (AvgIpc) is 3.27. The van der Waals surface area contributed by atoms with Gasteiger partial charge in [0.25, 0.3) is 0 Å². The molecule has 1 unspecified atom stereocenters. The molecule has 0 amide bonds. The molecule has 1 aliphatic carbocycles. The molecule has 1 heterocycles. The number of fused-ring (bicyclic) bond motifs is 1. The minimum Gasteiger partial charge on any atom is -0.371 e. The summed E-state index contributed by atoms with van der Waals surface area (Å²) >= 11 is 0. The molecular weight excluding hydrogens is 234 g/mol. The summed E-state index contributed by atoms with van der Waals surface area (Å²) in [6.45, 7) is 2.10. The molecule has 2 aliphatic rings. The maximum atomic E-state index is 9.20. The van der Waals surface area contributed by atoms with Crippen LogP contribution in [-0.2, 0) is 6.42 Å². The predicted octanol–water partition coefficient (Wildman–Crippen LogP) is 2.47. The van der Waals surface area contributed by atoms with Crippen LogP contribution in [0.2, 0.25) is 0 Å². The quantitative estimate of drug-likeness (QED) is 0.878. The van der Waals surface area contributed by atoms with Gasteiger partial charge >= 0.3 is 0 Å². The lowest BCUT2D eigenvalue weighted by molar-refractivity contribution is 0.547. The van der Waals surface area contributed by atoms with Crippen LogP contribution in [0.25, 0.3) is 0 Å². The van der Waals surface area contributed by atoms with Crippen molar-refractivity contribution in [2.24, 2.45) is 0 Å². The zero-order valence-electron chi connectivity index (χ0n) is 11.3. The van der Waals surface area contributed by atoms with Crippen LogP contribution in [0.15, 0.2) is 24.3 Å². The van der Waals surface area contributed by atoms with Crippen LogP contribution in [0, 0.1) is 11.3 Å². The molecule has 0 radical (unpaired) electrons. The van der Waals surface area contributed by atoms with Crippen molar-refractivity contribution >= 4 is 5.69 Å². The normalized spacial score (nSPS) is 19.6. The number of hydrogen-bond donors (Lipinski definition) is 1. The molecule has 19 heavy (non-hydrogen) atoms. The van der Waals surface area contributed by atoms with Gasteiger partial charge in [-0.1, -0.05) is 18.2 Å². The summed E-state index contributed by atoms with van der Waals surface area (Å²) in [5.74, 6) is 0. The van der Waals surface area contributed by atoms with Crippen LogP contribution in [0.1, 0.15) is 31.2 Å². The van der Waals surface area contributed by atoms with E-state index in [2.05, 4.69) is 40.6 Å². The number of nitrogens with one attached hydrogen (secondary N) is 1. The summed E-state index contributed by atoms with van der Waals surface area (Å²) in [4.78, 5) is 2.44. The number of aryl methyl sites for hydroxylation is 1. The molecule has 0 saturated heterocycles. The van der Waals surface area contributed by atoms with Gasteiger partial charge in [-0.3, -0.25) is 5.32 Å². The van der Waals surface area contributed by atoms with E-state index >= 15 is 0 Å². The van der Waals surface area contributed by atoms with Gasteiger partial charge in [-0.2, -0.15) is 5.26 Å². The Bertz CT molecular complexity index is 473. The highest BCUT2D eigenvalue weighted by atomic mass is 15.1. The second-order valence-corrected chi connectivity index (χ2v) is 5.63. The van der Waals surface area contributed by atoms with Crippen molar-refractivity contribution < 1.29 is 0 Å². The molecule has 1 N–H and O–H groups in total. The fourth-order valence-electron chi connectivity index (χ4n) is 2.85. The summed E-state index contributed by atoms with van der Waals surface area (Å²) < 4.78 is 0. The third kappa shape index (κ3) is 3.08. The standard InChI is InChI=1S/C16H21N3/c17-12-15(18-14-7-8-14)9-11-19-10-3-5-13-4-1-2-6-16(13)19/h1-2,4,6,14-15,18H,3,5,7-11H2. The van der Waals surface area contributed by atoms with Crippen molar-refractivity contribution in [3.05, 3.63) is 29.8 Å². The molecule has 0 spiro atoms. The van der Waals surface area contributed by atoms with Gasteiger partial charge in [0, 0.05) is 24.8 Å². The second-order valence-electron chi connectivity index (χ2n) is 5.63. The minimum absolute atomic E-state index is 0.0154. The maximum Gasteiger partial charge on any atom is 0.0972 e. The lowest BCUT2D eigenvalue weighted by atomic mass is 10.0. The number of hydrogen-bond acceptors (Lipinski definition) is 3. The first kappa shape index (κ1) is 12.5. The van der Waals surface area contributed by atoms with Gasteiger partial charge in [-0.05, 0) is 43.7 Å². The molecule has 100 valence electrons. The Hall–Kier alpha value is -1.53. The van der Waals surface area contributed by atoms with Gasteiger partial charge < -0.3 is 4.90 Å². The van der Waals surface area contributed by atoms with Gasteiger partial charge in [0.15, 0.2) is 0 Å². The van der Waals surface area contributed by atoms with Crippen LogP contribution in [-0.4, -0.2) is 25.2 Å². The van der Waals surface area contributed by atoms with E-state index in [0.717, 1.165) is 19.5 Å². The highest BCUT2D eigenvalue weighted by Gasteiger charge is 2.25. The van der Waals surface area contributed by atoms with Crippen LogP contribution in [0.4, 0.5) is 5.69 Å². The lowest BCUT2D eigenvalue weighted by Gasteiger charge is -2.31. The Morgan fingerprint density at radius 2 is 2.21 bits per heavy atom. The number of anilines is 1. The van der Waals surface area contributed by atoms with E-state index in [4.69, 9.17) is 0 Å². The third-order valence-electron chi connectivity index (χ3n) is 4.06. The van der Waals surface area contributed by atoms with Crippen molar-refractivity contribution in [3.63, 3.8) is 0 Å². The van der Waals surface area contributed by atoms with Crippen molar-refractivity contribution in [1.82, 2.24) is 5.32 Å². The van der Waals surface area contributed by atoms with Gasteiger partial charge in [0.05, 0.1) is 12.1 Å². The van der Waals surface area contributed by atoms with E-state index in [1.54, 1.807) is 0 Å². The summed E-state index contributed by atoms with van der Waals surface area (Å²) in [6.07, 6.45) is 5.82. The van der Waals surface area contributed by atoms with Crippen LogP contribution < -0.4 is 10.2 Å². The smallest absolute Gasteiger partial charge is 0.0972 e. The first-order chi connectivity index (χ1) is 9.36. The van der Waals surface area contributed by atoms with Gasteiger partial charge in [0.1, 0.15) is 0 Å². The molecule has 1 aliphatic heterocycles. The molecule has 3 heteroatoms. The SMILES string of the molecule is N#CC(CCN1CCCc2ccccc21)NC1CC1. The molecule has 3 nitrogen and oxygen atoms in total. The summed E-state index contributed by atoms with van der Waals surface area (Å²) in [7, 11) is 0. The Morgan fingerprint density at radius 1 is 1.37 bits per heavy atom. The predicted molar refractivity (Wildman–Crippen MR) is 77.2 cm³/mol. The average molecular weight is 255 g/mol. The monoisotopic (exact) mass is 255 g/mol. The molecule has 1 saturated carbocycles. The van der Waals surface area contributed by atoms with Crippen molar-refractivity contribution in [1.29, 1.82) is 5.26 Å². The molecule has 0 aromatic heterocycles. The molecular formula is C16H21N3. The topological polar surface area (TPSA) is 39.1 Å². The zero-order chi connectivity index (χ0) is 13.1. The van der Waals surface area contributed by atoms with E-state index in [0.29, 0.717) is 6.04 Å². The molecule has 1 atom stereocenters. The Labute approximate surface area is 115 Å². The van der Waals surface area contributed by atoms with Gasteiger partial charge in [-0.25, -0.2) is 0 Å². The number of benzene rings is 1. The third-order valence-corrected chi connectivity index (χ3v) is 4.06. The number of para-hydroxylation sites is 1. The van der Waals surface area contributed by atoms with E-state index in [1.165, 1.54) is 36.9 Å². The molecule has 3 rings (SSSR count). The number of nitriles is 1. The molecule has 0 bridgehead atoms. The van der Waals surface area contributed by atoms with E-state index in [9.17, 15) is 5.26 Å². The van der Waals surface area contributed by atoms with Gasteiger partial charge in [0.2, 0.25) is 0 Å². The van der Waals surface area contributed by atoms with Crippen LogP contribution >= 0.6 is 0 Å². The maximum absolute atomic E-state index is 9.20. The first-order valence-electron chi connectivity index (χ1n) is 7.35. The first-order valence-corrected chi connectivity index (χ1v) is 7.35. The van der Waals surface area contributed by atoms with E-state index < -0.39 is 0 Å². The minimum atomic E-state index is 0.0154. The van der Waals surface area contributed by atoms with Crippen molar-refractivity contribution in [2.75, 3.05) is 18.0 Å². The fraction of sp³-hybridized carbons (Fsp3) is 0.562. The number of nitrogens with zero attached hydrogens (tertiary/aromatic N) is 2. The van der Waals surface area contributed by atoms with Gasteiger partial charge in [-0.15, -0.1) is 0 Å².